The number of thiazole rings is 1. The summed E-state index contributed by atoms with van der Waals surface area (Å²) in [6, 6.07) is 3.55. The quantitative estimate of drug-likeness (QED) is 0.879. The molecule has 1 aromatic heterocycles. The third kappa shape index (κ3) is 3.65. The van der Waals surface area contributed by atoms with Crippen LogP contribution in [0.2, 0.25) is 5.02 Å². The summed E-state index contributed by atoms with van der Waals surface area (Å²) in [6.07, 6.45) is 0.475. The fourth-order valence-corrected chi connectivity index (χ4v) is 2.96. The molecule has 21 heavy (non-hydrogen) atoms. The summed E-state index contributed by atoms with van der Waals surface area (Å²) < 4.78 is 10.4. The molecule has 2 aromatic rings. The van der Waals surface area contributed by atoms with E-state index in [0.717, 1.165) is 16.3 Å². The van der Waals surface area contributed by atoms with E-state index in [2.05, 4.69) is 4.98 Å². The molecule has 0 bridgehead atoms. The number of carboxylic acids is 1. The van der Waals surface area contributed by atoms with E-state index < -0.39 is 5.97 Å². The lowest BCUT2D eigenvalue weighted by atomic mass is 10.2. The number of benzene rings is 1. The van der Waals surface area contributed by atoms with Gasteiger partial charge in [-0.1, -0.05) is 11.6 Å². The van der Waals surface area contributed by atoms with Crippen molar-refractivity contribution in [2.45, 2.75) is 12.8 Å². The molecule has 7 heteroatoms. The van der Waals surface area contributed by atoms with Gasteiger partial charge in [0.2, 0.25) is 0 Å². The van der Waals surface area contributed by atoms with E-state index in [0.29, 0.717) is 22.9 Å². The number of aromatic nitrogens is 1. The Kier molecular flexibility index (Phi) is 5.03. The highest BCUT2D eigenvalue weighted by Gasteiger charge is 2.14. The van der Waals surface area contributed by atoms with E-state index >= 15 is 0 Å². The first-order valence-electron chi connectivity index (χ1n) is 6.13. The van der Waals surface area contributed by atoms with Gasteiger partial charge in [0.1, 0.15) is 5.01 Å². The molecule has 1 aromatic carbocycles. The molecule has 0 spiro atoms. The number of aliphatic carboxylic acids is 1. The lowest BCUT2D eigenvalue weighted by molar-refractivity contribution is -0.136. The Morgan fingerprint density at radius 3 is 2.76 bits per heavy atom. The van der Waals surface area contributed by atoms with Crippen molar-refractivity contribution in [1.82, 2.24) is 4.98 Å². The predicted molar refractivity (Wildman–Crippen MR) is 81.6 cm³/mol. The second-order valence-electron chi connectivity index (χ2n) is 4.23. The van der Waals surface area contributed by atoms with Crippen LogP contribution in [0.4, 0.5) is 0 Å². The number of aryl methyl sites for hydroxylation is 1. The Labute approximate surface area is 131 Å². The molecule has 0 aliphatic rings. The molecule has 0 saturated carbocycles. The summed E-state index contributed by atoms with van der Waals surface area (Å²) in [6.45, 7) is 0. The van der Waals surface area contributed by atoms with E-state index in [-0.39, 0.29) is 6.42 Å². The van der Waals surface area contributed by atoms with Gasteiger partial charge in [0.05, 0.1) is 31.4 Å². The molecule has 0 aliphatic heterocycles. The maximum atomic E-state index is 10.6. The summed E-state index contributed by atoms with van der Waals surface area (Å²) in [5, 5.41) is 11.7. The van der Waals surface area contributed by atoms with Gasteiger partial charge in [-0.05, 0) is 12.1 Å². The van der Waals surface area contributed by atoms with Gasteiger partial charge in [-0.25, -0.2) is 4.98 Å². The number of carboxylic acid groups (broad SMARTS) is 1. The summed E-state index contributed by atoms with van der Waals surface area (Å²) in [5.74, 6) is 0.173. The number of ether oxygens (including phenoxy) is 2. The topological polar surface area (TPSA) is 68.7 Å². The minimum atomic E-state index is -0.835. The van der Waals surface area contributed by atoms with Gasteiger partial charge in [0, 0.05) is 17.4 Å². The van der Waals surface area contributed by atoms with Crippen molar-refractivity contribution in [3.05, 3.63) is 28.2 Å². The zero-order chi connectivity index (χ0) is 15.4. The van der Waals surface area contributed by atoms with Crippen LogP contribution >= 0.6 is 22.9 Å². The number of methoxy groups -OCH3 is 2. The molecule has 112 valence electrons. The van der Waals surface area contributed by atoms with Crippen molar-refractivity contribution in [1.29, 1.82) is 0 Å². The molecule has 0 aliphatic carbocycles. The molecule has 5 nitrogen and oxygen atoms in total. The first-order chi connectivity index (χ1) is 10.0. The molecule has 0 unspecified atom stereocenters. The maximum absolute atomic E-state index is 10.6. The Balaban J connectivity index is 2.30. The summed E-state index contributed by atoms with van der Waals surface area (Å²) in [4.78, 5) is 15.0. The van der Waals surface area contributed by atoms with Crippen LogP contribution in [0.5, 0.6) is 11.5 Å². The highest BCUT2D eigenvalue weighted by molar-refractivity contribution is 7.13. The van der Waals surface area contributed by atoms with E-state index in [1.807, 2.05) is 5.38 Å². The summed E-state index contributed by atoms with van der Waals surface area (Å²) in [7, 11) is 3.06. The van der Waals surface area contributed by atoms with Crippen molar-refractivity contribution >= 4 is 28.9 Å². The molecule has 1 N–H and O–H groups in total. The zero-order valence-corrected chi connectivity index (χ0v) is 13.1. The maximum Gasteiger partial charge on any atom is 0.303 e. The molecule has 0 atom stereocenters. The van der Waals surface area contributed by atoms with Gasteiger partial charge < -0.3 is 14.6 Å². The fraction of sp³-hybridized carbons (Fsp3) is 0.286. The van der Waals surface area contributed by atoms with E-state index in [9.17, 15) is 4.79 Å². The van der Waals surface area contributed by atoms with Crippen molar-refractivity contribution in [3.8, 4) is 22.1 Å². The third-order valence-corrected chi connectivity index (χ3v) is 4.05. The number of nitrogens with zero attached hydrogens (tertiary/aromatic N) is 1. The van der Waals surface area contributed by atoms with Crippen LogP contribution in [0.3, 0.4) is 0 Å². The fourth-order valence-electron chi connectivity index (χ4n) is 1.83. The normalized spacial score (nSPS) is 10.4. The lowest BCUT2D eigenvalue weighted by Crippen LogP contribution is -1.97. The van der Waals surface area contributed by atoms with E-state index in [1.165, 1.54) is 25.6 Å². The molecule has 0 radical (unpaired) electrons. The summed E-state index contributed by atoms with van der Waals surface area (Å²) in [5.41, 5.74) is 1.56. The first kappa shape index (κ1) is 15.6. The zero-order valence-electron chi connectivity index (χ0n) is 11.6. The van der Waals surface area contributed by atoms with Gasteiger partial charge in [0.25, 0.3) is 0 Å². The molecular weight excluding hydrogens is 314 g/mol. The Morgan fingerprint density at radius 2 is 2.14 bits per heavy atom. The van der Waals surface area contributed by atoms with Gasteiger partial charge in [0.15, 0.2) is 11.5 Å². The predicted octanol–water partition coefficient (Wildman–Crippen LogP) is 3.50. The molecule has 0 fully saturated rings. The van der Waals surface area contributed by atoms with Crippen LogP contribution in [-0.4, -0.2) is 30.3 Å². The number of rotatable bonds is 6. The molecule has 0 saturated heterocycles. The van der Waals surface area contributed by atoms with Crippen LogP contribution in [0.25, 0.3) is 10.6 Å². The van der Waals surface area contributed by atoms with Crippen molar-refractivity contribution in [2.24, 2.45) is 0 Å². The van der Waals surface area contributed by atoms with Crippen molar-refractivity contribution < 1.29 is 19.4 Å². The van der Waals surface area contributed by atoms with Crippen molar-refractivity contribution in [2.75, 3.05) is 14.2 Å². The average molecular weight is 328 g/mol. The molecule has 2 rings (SSSR count). The molecule has 0 amide bonds. The van der Waals surface area contributed by atoms with Crippen LogP contribution in [0, 0.1) is 0 Å². The smallest absolute Gasteiger partial charge is 0.303 e. The van der Waals surface area contributed by atoms with Crippen LogP contribution in [0.15, 0.2) is 17.5 Å². The first-order valence-corrected chi connectivity index (χ1v) is 7.39. The minimum absolute atomic E-state index is 0.0653. The highest BCUT2D eigenvalue weighted by Crippen LogP contribution is 2.39. The molecule has 1 heterocycles. The SMILES string of the molecule is COc1cc(-c2nc(CCC(=O)O)cs2)cc(Cl)c1OC. The monoisotopic (exact) mass is 327 g/mol. The number of carbonyl (C=O) groups is 1. The van der Waals surface area contributed by atoms with Crippen LogP contribution < -0.4 is 9.47 Å². The Morgan fingerprint density at radius 1 is 1.38 bits per heavy atom. The lowest BCUT2D eigenvalue weighted by Gasteiger charge is -2.10. The van der Waals surface area contributed by atoms with E-state index in [4.69, 9.17) is 26.2 Å². The average Bonchev–Trinajstić information content (AvgIpc) is 2.93. The van der Waals surface area contributed by atoms with Gasteiger partial charge in [-0.3, -0.25) is 4.79 Å². The Bertz CT molecular complexity index is 656. The largest absolute Gasteiger partial charge is 0.493 e. The number of hydrogen-bond donors (Lipinski definition) is 1. The second kappa shape index (κ2) is 6.78. The summed E-state index contributed by atoms with van der Waals surface area (Å²) >= 11 is 7.60. The number of hydrogen-bond acceptors (Lipinski definition) is 5. The van der Waals surface area contributed by atoms with Gasteiger partial charge >= 0.3 is 5.97 Å². The van der Waals surface area contributed by atoms with Gasteiger partial charge in [-0.15, -0.1) is 11.3 Å². The minimum Gasteiger partial charge on any atom is -0.493 e. The highest BCUT2D eigenvalue weighted by atomic mass is 35.5. The van der Waals surface area contributed by atoms with Crippen LogP contribution in [0.1, 0.15) is 12.1 Å². The van der Waals surface area contributed by atoms with E-state index in [1.54, 1.807) is 12.1 Å². The number of halogens is 1. The molecular formula is C14H14ClNO4S. The third-order valence-electron chi connectivity index (χ3n) is 2.83. The van der Waals surface area contributed by atoms with Crippen molar-refractivity contribution in [3.63, 3.8) is 0 Å². The Hall–Kier alpha value is -1.79. The van der Waals surface area contributed by atoms with Crippen LogP contribution in [-0.2, 0) is 11.2 Å². The standard InChI is InChI=1S/C14H14ClNO4S/c1-19-11-6-8(5-10(15)13(11)20-2)14-16-9(7-21-14)3-4-12(17)18/h5-7H,3-4H2,1-2H3,(H,17,18). The second-order valence-corrected chi connectivity index (χ2v) is 5.50. The van der Waals surface area contributed by atoms with Gasteiger partial charge in [-0.2, -0.15) is 0 Å².